The topological polar surface area (TPSA) is 34.5 Å². The molecule has 88 valence electrons. The molecule has 0 aliphatic carbocycles. The molecule has 0 fully saturated rings. The van der Waals surface area contributed by atoms with Crippen molar-refractivity contribution in [3.63, 3.8) is 0 Å². The van der Waals surface area contributed by atoms with Crippen LogP contribution in [-0.2, 0) is 4.74 Å². The van der Waals surface area contributed by atoms with E-state index in [-0.39, 0.29) is 0 Å². The summed E-state index contributed by atoms with van der Waals surface area (Å²) in [5.74, 6) is 0. The molecule has 1 aliphatic heterocycles. The largest absolute Gasteiger partial charge is 0.482 e. The van der Waals surface area contributed by atoms with E-state index in [0.29, 0.717) is 10.2 Å². The van der Waals surface area contributed by atoms with E-state index < -0.39 is 0 Å². The lowest BCUT2D eigenvalue weighted by Crippen LogP contribution is -1.80. The highest BCUT2D eigenvalue weighted by molar-refractivity contribution is 6.41. The van der Waals surface area contributed by atoms with Crippen LogP contribution in [0.5, 0.6) is 0 Å². The summed E-state index contributed by atoms with van der Waals surface area (Å²) in [6.45, 7) is 1.62. The Hall–Kier alpha value is -1.32. The van der Waals surface area contributed by atoms with Crippen molar-refractivity contribution < 1.29 is 4.74 Å². The van der Waals surface area contributed by atoms with Crippen molar-refractivity contribution in [3.05, 3.63) is 40.5 Å². The second kappa shape index (κ2) is 5.84. The van der Waals surface area contributed by atoms with Crippen molar-refractivity contribution >= 4 is 40.5 Å². The summed E-state index contributed by atoms with van der Waals surface area (Å²) in [6.07, 6.45) is 1.49. The van der Waals surface area contributed by atoms with E-state index in [1.165, 1.54) is 6.40 Å². The SMILES string of the molecule is C1=NCCO1.Clc1cc2ccccc2nc1Cl. The average molecular weight is 269 g/mol. The fraction of sp³-hybridized carbons (Fsp3) is 0.167. The zero-order valence-corrected chi connectivity index (χ0v) is 10.4. The van der Waals surface area contributed by atoms with Gasteiger partial charge in [0.15, 0.2) is 6.40 Å². The molecule has 17 heavy (non-hydrogen) atoms. The summed E-state index contributed by atoms with van der Waals surface area (Å²) < 4.78 is 4.65. The summed E-state index contributed by atoms with van der Waals surface area (Å²) in [7, 11) is 0. The second-order valence-corrected chi connectivity index (χ2v) is 4.10. The minimum atomic E-state index is 0.357. The van der Waals surface area contributed by atoms with Gasteiger partial charge in [-0.2, -0.15) is 0 Å². The number of benzene rings is 1. The van der Waals surface area contributed by atoms with Gasteiger partial charge in [0.05, 0.1) is 17.1 Å². The first kappa shape index (κ1) is 12.1. The van der Waals surface area contributed by atoms with Crippen molar-refractivity contribution in [1.29, 1.82) is 0 Å². The fourth-order valence-corrected chi connectivity index (χ4v) is 1.64. The van der Waals surface area contributed by atoms with Crippen molar-refractivity contribution in [3.8, 4) is 0 Å². The Balaban J connectivity index is 0.000000181. The van der Waals surface area contributed by atoms with E-state index in [1.807, 2.05) is 30.3 Å². The normalized spacial score (nSPS) is 13.1. The highest BCUT2D eigenvalue weighted by atomic mass is 35.5. The number of aliphatic imine (C=N–C) groups is 1. The molecule has 2 aromatic rings. The third-order valence-corrected chi connectivity index (χ3v) is 2.79. The zero-order chi connectivity index (χ0) is 12.1. The fourth-order valence-electron chi connectivity index (χ4n) is 1.33. The summed E-state index contributed by atoms with van der Waals surface area (Å²) in [5, 5.41) is 1.86. The molecule has 2 heterocycles. The van der Waals surface area contributed by atoms with Gasteiger partial charge in [0.25, 0.3) is 0 Å². The van der Waals surface area contributed by atoms with Crippen LogP contribution in [0, 0.1) is 0 Å². The molecule has 0 amide bonds. The zero-order valence-electron chi connectivity index (χ0n) is 8.94. The van der Waals surface area contributed by atoms with E-state index in [2.05, 4.69) is 14.7 Å². The molecule has 0 radical (unpaired) electrons. The quantitative estimate of drug-likeness (QED) is 0.685. The van der Waals surface area contributed by atoms with Gasteiger partial charge in [-0.05, 0) is 12.1 Å². The smallest absolute Gasteiger partial charge is 0.169 e. The van der Waals surface area contributed by atoms with Crippen molar-refractivity contribution in [2.24, 2.45) is 4.99 Å². The molecule has 0 bridgehead atoms. The molecule has 1 aliphatic rings. The molecule has 0 atom stereocenters. The Morgan fingerprint density at radius 2 is 2.00 bits per heavy atom. The first-order chi connectivity index (χ1) is 8.27. The third kappa shape index (κ3) is 3.32. The molecular weight excluding hydrogens is 259 g/mol. The highest BCUT2D eigenvalue weighted by Crippen LogP contribution is 2.23. The van der Waals surface area contributed by atoms with Gasteiger partial charge in [-0.15, -0.1) is 0 Å². The van der Waals surface area contributed by atoms with Crippen LogP contribution in [0.3, 0.4) is 0 Å². The number of fused-ring (bicyclic) bond motifs is 1. The molecule has 3 rings (SSSR count). The standard InChI is InChI=1S/C9H5Cl2N.C3H5NO/c10-7-5-6-3-1-2-4-8(6)12-9(7)11;1-2-5-3-4-1/h1-5H;3H,1-2H2. The van der Waals surface area contributed by atoms with Gasteiger partial charge in [-0.25, -0.2) is 4.98 Å². The number of nitrogens with zero attached hydrogens (tertiary/aromatic N) is 2. The van der Waals surface area contributed by atoms with Gasteiger partial charge in [-0.1, -0.05) is 41.4 Å². The van der Waals surface area contributed by atoms with Gasteiger partial charge in [0, 0.05) is 5.39 Å². The lowest BCUT2D eigenvalue weighted by molar-refractivity contribution is 0.361. The van der Waals surface area contributed by atoms with E-state index in [4.69, 9.17) is 23.2 Å². The predicted octanol–water partition coefficient (Wildman–Crippen LogP) is 3.59. The second-order valence-electron chi connectivity index (χ2n) is 3.34. The van der Waals surface area contributed by atoms with Gasteiger partial charge in [-0.3, -0.25) is 4.99 Å². The molecule has 5 heteroatoms. The van der Waals surface area contributed by atoms with Crippen LogP contribution in [0.4, 0.5) is 0 Å². The van der Waals surface area contributed by atoms with Crippen molar-refractivity contribution in [2.45, 2.75) is 0 Å². The molecule has 0 N–H and O–H groups in total. The Morgan fingerprint density at radius 1 is 1.18 bits per heavy atom. The van der Waals surface area contributed by atoms with Gasteiger partial charge in [0.2, 0.25) is 0 Å². The minimum Gasteiger partial charge on any atom is -0.482 e. The number of hydrogen-bond donors (Lipinski definition) is 0. The maximum absolute atomic E-state index is 5.79. The minimum absolute atomic E-state index is 0.357. The molecule has 0 saturated carbocycles. The van der Waals surface area contributed by atoms with Crippen LogP contribution in [-0.4, -0.2) is 24.5 Å². The number of hydrogen-bond acceptors (Lipinski definition) is 3. The number of para-hydroxylation sites is 1. The molecular formula is C12H10Cl2N2O. The first-order valence-electron chi connectivity index (χ1n) is 5.08. The van der Waals surface area contributed by atoms with E-state index in [0.717, 1.165) is 24.1 Å². The molecule has 3 nitrogen and oxygen atoms in total. The Kier molecular flexibility index (Phi) is 4.18. The molecule has 1 aromatic carbocycles. The highest BCUT2D eigenvalue weighted by Gasteiger charge is 2.00. The van der Waals surface area contributed by atoms with Crippen LogP contribution >= 0.6 is 23.2 Å². The Labute approximate surface area is 109 Å². The number of pyridine rings is 1. The molecule has 0 unspecified atom stereocenters. The monoisotopic (exact) mass is 268 g/mol. The van der Waals surface area contributed by atoms with Crippen molar-refractivity contribution in [2.75, 3.05) is 13.2 Å². The Morgan fingerprint density at radius 3 is 2.65 bits per heavy atom. The number of halogens is 2. The summed E-state index contributed by atoms with van der Waals surface area (Å²) >= 11 is 11.5. The van der Waals surface area contributed by atoms with Crippen LogP contribution in [0.1, 0.15) is 0 Å². The number of rotatable bonds is 0. The van der Waals surface area contributed by atoms with Crippen LogP contribution in [0.25, 0.3) is 10.9 Å². The van der Waals surface area contributed by atoms with Gasteiger partial charge in [0.1, 0.15) is 11.8 Å². The average Bonchev–Trinajstić information content (AvgIpc) is 2.89. The van der Waals surface area contributed by atoms with E-state index >= 15 is 0 Å². The summed E-state index contributed by atoms with van der Waals surface area (Å²) in [5.41, 5.74) is 0.868. The van der Waals surface area contributed by atoms with Crippen molar-refractivity contribution in [1.82, 2.24) is 4.98 Å². The molecule has 1 aromatic heterocycles. The van der Waals surface area contributed by atoms with Gasteiger partial charge < -0.3 is 4.74 Å². The van der Waals surface area contributed by atoms with E-state index in [1.54, 1.807) is 0 Å². The van der Waals surface area contributed by atoms with Gasteiger partial charge >= 0.3 is 0 Å². The third-order valence-electron chi connectivity index (χ3n) is 2.12. The molecule has 0 spiro atoms. The number of aromatic nitrogens is 1. The maximum atomic E-state index is 5.79. The predicted molar refractivity (Wildman–Crippen MR) is 71.1 cm³/mol. The lowest BCUT2D eigenvalue weighted by Gasteiger charge is -1.98. The maximum Gasteiger partial charge on any atom is 0.169 e. The molecule has 0 saturated heterocycles. The first-order valence-corrected chi connectivity index (χ1v) is 5.83. The van der Waals surface area contributed by atoms with E-state index in [9.17, 15) is 0 Å². The number of ether oxygens (including phenoxy) is 1. The lowest BCUT2D eigenvalue weighted by atomic mass is 10.2. The summed E-state index contributed by atoms with van der Waals surface area (Å²) in [6, 6.07) is 9.52. The summed E-state index contributed by atoms with van der Waals surface area (Å²) in [4.78, 5) is 7.84. The Bertz CT molecular complexity index is 497. The van der Waals surface area contributed by atoms with Crippen LogP contribution in [0.2, 0.25) is 10.2 Å². The van der Waals surface area contributed by atoms with Crippen LogP contribution < -0.4 is 0 Å². The van der Waals surface area contributed by atoms with Crippen LogP contribution in [0.15, 0.2) is 35.3 Å².